The highest BCUT2D eigenvalue weighted by atomic mass is 16.6. The van der Waals surface area contributed by atoms with Gasteiger partial charge in [0.2, 0.25) is 0 Å². The number of benzene rings is 1. The van der Waals surface area contributed by atoms with Crippen LogP contribution in [0, 0.1) is 0 Å². The second-order valence-electron chi connectivity index (χ2n) is 9.28. The van der Waals surface area contributed by atoms with Crippen molar-refractivity contribution in [3.05, 3.63) is 35.9 Å². The summed E-state index contributed by atoms with van der Waals surface area (Å²) in [7, 11) is 1.35. The molecule has 1 rings (SSSR count). The molecule has 1 aromatic rings. The Morgan fingerprint density at radius 3 is 1.04 bits per heavy atom. The van der Waals surface area contributed by atoms with E-state index in [0.717, 1.165) is 0 Å². The van der Waals surface area contributed by atoms with E-state index in [1.165, 1.54) is 7.11 Å². The van der Waals surface area contributed by atoms with Gasteiger partial charge < -0.3 is 56.8 Å². The van der Waals surface area contributed by atoms with Crippen LogP contribution in [0.3, 0.4) is 0 Å². The summed E-state index contributed by atoms with van der Waals surface area (Å²) in [5.41, 5.74) is 0.292. The number of methoxy groups -OCH3 is 1. The minimum absolute atomic E-state index is 0.00679. The fourth-order valence-electron chi connectivity index (χ4n) is 3.31. The molecule has 0 saturated carbocycles. The molecule has 0 N–H and O–H groups in total. The Labute approximate surface area is 277 Å². The van der Waals surface area contributed by atoms with Gasteiger partial charge in [0, 0.05) is 5.56 Å². The van der Waals surface area contributed by atoms with Gasteiger partial charge in [-0.15, -0.1) is 0 Å². The molecular weight excluding hydrogens is 624 g/mol. The molecule has 0 aliphatic carbocycles. The van der Waals surface area contributed by atoms with Crippen molar-refractivity contribution in [2.75, 3.05) is 146 Å². The van der Waals surface area contributed by atoms with E-state index in [2.05, 4.69) is 4.74 Å². The summed E-state index contributed by atoms with van der Waals surface area (Å²) >= 11 is 0. The summed E-state index contributed by atoms with van der Waals surface area (Å²) in [6.07, 6.45) is 0.237. The maximum atomic E-state index is 11.9. The van der Waals surface area contributed by atoms with Gasteiger partial charge in [0.05, 0.1) is 146 Å². The molecule has 15 heteroatoms. The first-order chi connectivity index (χ1) is 23.1. The van der Waals surface area contributed by atoms with E-state index < -0.39 is 11.8 Å². The van der Waals surface area contributed by atoms with E-state index in [1.807, 2.05) is 0 Å². The minimum atomic E-state index is -0.901. The van der Waals surface area contributed by atoms with Crippen molar-refractivity contribution >= 4 is 17.7 Å². The zero-order valence-corrected chi connectivity index (χ0v) is 27.6. The molecule has 0 fully saturated rings. The van der Waals surface area contributed by atoms with Gasteiger partial charge in [-0.3, -0.25) is 9.59 Å². The molecule has 0 saturated heterocycles. The highest BCUT2D eigenvalue weighted by Crippen LogP contribution is 2.01. The van der Waals surface area contributed by atoms with E-state index in [-0.39, 0.29) is 25.6 Å². The predicted molar refractivity (Wildman–Crippen MR) is 167 cm³/mol. The fourth-order valence-corrected chi connectivity index (χ4v) is 3.31. The minimum Gasteiger partial charge on any atom is -0.469 e. The van der Waals surface area contributed by atoms with Crippen molar-refractivity contribution in [3.63, 3.8) is 0 Å². The third kappa shape index (κ3) is 28.2. The normalized spacial score (nSPS) is 11.1. The van der Waals surface area contributed by atoms with Gasteiger partial charge in [-0.1, -0.05) is 30.3 Å². The van der Waals surface area contributed by atoms with Crippen LogP contribution >= 0.6 is 0 Å². The molecule has 15 nitrogen and oxygen atoms in total. The number of ketones is 1. The monoisotopic (exact) mass is 676 g/mol. The number of hydrogen-bond donors (Lipinski definition) is 0. The maximum Gasteiger partial charge on any atom is 0.379 e. The van der Waals surface area contributed by atoms with Crippen molar-refractivity contribution in [1.29, 1.82) is 0 Å². The summed E-state index contributed by atoms with van der Waals surface area (Å²) in [6.45, 7) is 8.51. The summed E-state index contributed by atoms with van der Waals surface area (Å²) in [4.78, 5) is 34.5. The molecular formula is C32H52O15. The molecule has 1 aromatic carbocycles. The van der Waals surface area contributed by atoms with Crippen LogP contribution in [-0.4, -0.2) is 164 Å². The molecule has 0 bridgehead atoms. The Bertz CT molecular complexity index is 871. The van der Waals surface area contributed by atoms with E-state index in [1.54, 1.807) is 30.3 Å². The SMILES string of the molecule is COC(=O)CCOCCOCCOCCOCCOCCOCCOCCOCCOCCOCCOC(=O)C(=O)c1ccccc1. The lowest BCUT2D eigenvalue weighted by Gasteiger charge is -2.09. The lowest BCUT2D eigenvalue weighted by molar-refractivity contribution is -0.142. The quantitative estimate of drug-likeness (QED) is 0.0435. The second-order valence-corrected chi connectivity index (χ2v) is 9.28. The van der Waals surface area contributed by atoms with Crippen LogP contribution in [0.15, 0.2) is 30.3 Å². The lowest BCUT2D eigenvalue weighted by atomic mass is 10.1. The van der Waals surface area contributed by atoms with Gasteiger partial charge in [0.25, 0.3) is 5.78 Å². The summed E-state index contributed by atoms with van der Waals surface area (Å²) < 4.78 is 63.4. The molecule has 0 heterocycles. The van der Waals surface area contributed by atoms with Crippen LogP contribution in [0.1, 0.15) is 16.8 Å². The smallest absolute Gasteiger partial charge is 0.379 e. The van der Waals surface area contributed by atoms with Crippen LogP contribution in [0.4, 0.5) is 0 Å². The van der Waals surface area contributed by atoms with Crippen LogP contribution < -0.4 is 0 Å². The largest absolute Gasteiger partial charge is 0.469 e. The van der Waals surface area contributed by atoms with Gasteiger partial charge in [-0.2, -0.15) is 0 Å². The third-order valence-electron chi connectivity index (χ3n) is 5.71. The standard InChI is InChI=1S/C32H52O15/c1-36-30(33)7-8-37-9-10-38-11-12-39-13-14-40-15-16-41-17-18-42-19-20-43-21-22-44-23-24-45-25-26-46-27-28-47-32(35)31(34)29-5-3-2-4-6-29/h2-6H,7-28H2,1H3. The number of carbonyl (C=O) groups excluding carboxylic acids is 3. The molecule has 47 heavy (non-hydrogen) atoms. The Morgan fingerprint density at radius 1 is 0.426 bits per heavy atom. The average Bonchev–Trinajstić information content (AvgIpc) is 3.10. The Hall–Kier alpha value is -2.57. The maximum absolute atomic E-state index is 11.9. The molecule has 0 aromatic heterocycles. The summed E-state index contributed by atoms with van der Waals surface area (Å²) in [5, 5.41) is 0. The second kappa shape index (κ2) is 33.3. The molecule has 270 valence electrons. The van der Waals surface area contributed by atoms with Gasteiger partial charge in [0.1, 0.15) is 6.61 Å². The van der Waals surface area contributed by atoms with Crippen molar-refractivity contribution in [2.45, 2.75) is 6.42 Å². The number of esters is 2. The molecule has 0 spiro atoms. The molecule has 0 unspecified atom stereocenters. The molecule has 0 aliphatic heterocycles. The van der Waals surface area contributed by atoms with Crippen molar-refractivity contribution in [2.24, 2.45) is 0 Å². The first-order valence-electron chi connectivity index (χ1n) is 15.8. The zero-order valence-electron chi connectivity index (χ0n) is 27.6. The highest BCUT2D eigenvalue weighted by Gasteiger charge is 2.17. The Morgan fingerprint density at radius 2 is 0.723 bits per heavy atom. The topological polar surface area (TPSA) is 162 Å². The zero-order chi connectivity index (χ0) is 33.9. The van der Waals surface area contributed by atoms with E-state index in [9.17, 15) is 14.4 Å². The number of Topliss-reactive ketones (excluding diaryl/α,β-unsaturated/α-hetero) is 1. The van der Waals surface area contributed by atoms with Gasteiger partial charge in [0.15, 0.2) is 0 Å². The summed E-state index contributed by atoms with van der Waals surface area (Å²) in [5.74, 6) is -1.87. The molecule has 0 atom stereocenters. The van der Waals surface area contributed by atoms with Crippen LogP contribution in [-0.2, 0) is 66.4 Å². The van der Waals surface area contributed by atoms with Crippen LogP contribution in [0.25, 0.3) is 0 Å². The van der Waals surface area contributed by atoms with Crippen LogP contribution in [0.2, 0.25) is 0 Å². The first kappa shape index (κ1) is 42.5. The fraction of sp³-hybridized carbons (Fsp3) is 0.719. The molecule has 0 aliphatic rings. The van der Waals surface area contributed by atoms with Gasteiger partial charge >= 0.3 is 11.9 Å². The van der Waals surface area contributed by atoms with Crippen molar-refractivity contribution in [3.8, 4) is 0 Å². The third-order valence-corrected chi connectivity index (χ3v) is 5.71. The van der Waals surface area contributed by atoms with E-state index >= 15 is 0 Å². The Kier molecular flexibility index (Phi) is 30.1. The van der Waals surface area contributed by atoms with Gasteiger partial charge in [-0.05, 0) is 0 Å². The van der Waals surface area contributed by atoms with Gasteiger partial charge in [-0.25, -0.2) is 4.79 Å². The number of carbonyl (C=O) groups is 3. The predicted octanol–water partition coefficient (Wildman–Crippen LogP) is 1.14. The van der Waals surface area contributed by atoms with Crippen LogP contribution in [0.5, 0.6) is 0 Å². The summed E-state index contributed by atoms with van der Waals surface area (Å²) in [6, 6.07) is 8.24. The number of ether oxygens (including phenoxy) is 12. The average molecular weight is 677 g/mol. The van der Waals surface area contributed by atoms with E-state index in [4.69, 9.17) is 52.1 Å². The van der Waals surface area contributed by atoms with Crippen molar-refractivity contribution in [1.82, 2.24) is 0 Å². The lowest BCUT2D eigenvalue weighted by Crippen LogP contribution is -2.20. The highest BCUT2D eigenvalue weighted by molar-refractivity contribution is 6.40. The van der Waals surface area contributed by atoms with Crippen molar-refractivity contribution < 1.29 is 71.2 Å². The number of rotatable bonds is 35. The number of hydrogen-bond acceptors (Lipinski definition) is 15. The van der Waals surface area contributed by atoms with E-state index in [0.29, 0.717) is 131 Å². The first-order valence-corrected chi connectivity index (χ1v) is 15.8. The Balaban J connectivity index is 1.67. The molecule has 0 amide bonds. The molecule has 0 radical (unpaired) electrons.